The van der Waals surface area contributed by atoms with E-state index in [1.54, 1.807) is 0 Å². The summed E-state index contributed by atoms with van der Waals surface area (Å²) < 4.78 is 2.41. The van der Waals surface area contributed by atoms with Gasteiger partial charge in [0.05, 0.1) is 11.0 Å². The van der Waals surface area contributed by atoms with Gasteiger partial charge in [0.15, 0.2) is 0 Å². The molecule has 0 aliphatic rings. The van der Waals surface area contributed by atoms with Gasteiger partial charge in [0.1, 0.15) is 0 Å². The van der Waals surface area contributed by atoms with Crippen LogP contribution in [0.4, 0.5) is 0 Å². The fraction of sp³-hybridized carbons (Fsp3) is 0. The van der Waals surface area contributed by atoms with Crippen molar-refractivity contribution in [2.24, 2.45) is 0 Å². The van der Waals surface area contributed by atoms with Crippen molar-refractivity contribution in [1.29, 1.82) is 0 Å². The summed E-state index contributed by atoms with van der Waals surface area (Å²) in [6, 6.07) is 68.8. The molecular formula is C48H31N. The van der Waals surface area contributed by atoms with E-state index in [0.29, 0.717) is 0 Å². The first-order valence-electron chi connectivity index (χ1n) is 16.9. The Labute approximate surface area is 284 Å². The van der Waals surface area contributed by atoms with Gasteiger partial charge in [-0.25, -0.2) is 0 Å². The third-order valence-electron chi connectivity index (χ3n) is 10.1. The molecule has 0 radical (unpaired) electrons. The molecular weight excluding hydrogens is 591 g/mol. The Balaban J connectivity index is 1.25. The summed E-state index contributed by atoms with van der Waals surface area (Å²) in [4.78, 5) is 0. The molecule has 10 aromatic rings. The molecule has 0 saturated carbocycles. The molecule has 0 fully saturated rings. The van der Waals surface area contributed by atoms with Gasteiger partial charge in [0, 0.05) is 16.5 Å². The van der Waals surface area contributed by atoms with E-state index in [1.807, 2.05) is 0 Å². The van der Waals surface area contributed by atoms with Crippen LogP contribution >= 0.6 is 0 Å². The smallest absolute Gasteiger partial charge is 0.0547 e. The second-order valence-electron chi connectivity index (χ2n) is 12.9. The predicted octanol–water partition coefficient (Wildman–Crippen LogP) is 13.2. The molecule has 10 rings (SSSR count). The lowest BCUT2D eigenvalue weighted by atomic mass is 9.89. The van der Waals surface area contributed by atoms with Crippen molar-refractivity contribution in [3.63, 3.8) is 0 Å². The fourth-order valence-corrected chi connectivity index (χ4v) is 7.84. The van der Waals surface area contributed by atoms with E-state index in [9.17, 15) is 0 Å². The molecule has 0 N–H and O–H groups in total. The highest BCUT2D eigenvalue weighted by atomic mass is 15.0. The first kappa shape index (κ1) is 27.7. The Kier molecular flexibility index (Phi) is 6.25. The second-order valence-corrected chi connectivity index (χ2v) is 12.9. The van der Waals surface area contributed by atoms with Crippen LogP contribution < -0.4 is 0 Å². The van der Waals surface area contributed by atoms with Crippen LogP contribution in [0.2, 0.25) is 0 Å². The SMILES string of the molecule is c1ccc(-c2cc(-c3ccccc3)cc(-c3ccc4c(c3)c3ccccc3c3cc5c(cc43)c3ccccc3n5-c3ccccc3)c2)cc1. The van der Waals surface area contributed by atoms with Gasteiger partial charge >= 0.3 is 0 Å². The van der Waals surface area contributed by atoms with Gasteiger partial charge in [0.25, 0.3) is 0 Å². The first-order chi connectivity index (χ1) is 24.3. The zero-order chi connectivity index (χ0) is 32.3. The molecule has 228 valence electrons. The van der Waals surface area contributed by atoms with E-state index >= 15 is 0 Å². The van der Waals surface area contributed by atoms with Crippen LogP contribution in [0.15, 0.2) is 188 Å². The third kappa shape index (κ3) is 4.47. The number of rotatable bonds is 4. The second kappa shape index (κ2) is 11.1. The minimum Gasteiger partial charge on any atom is -0.309 e. The molecule has 1 heterocycles. The Hall–Kier alpha value is -6.44. The van der Waals surface area contributed by atoms with Crippen LogP contribution in [0, 0.1) is 0 Å². The summed E-state index contributed by atoms with van der Waals surface area (Å²) >= 11 is 0. The number of fused-ring (bicyclic) bond motifs is 9. The normalized spacial score (nSPS) is 11.7. The maximum absolute atomic E-state index is 2.43. The van der Waals surface area contributed by atoms with Crippen LogP contribution in [0.3, 0.4) is 0 Å². The summed E-state index contributed by atoms with van der Waals surface area (Å²) in [5, 5.41) is 10.2. The van der Waals surface area contributed by atoms with Crippen molar-refractivity contribution in [2.75, 3.05) is 0 Å². The molecule has 9 aromatic carbocycles. The van der Waals surface area contributed by atoms with Gasteiger partial charge in [-0.1, -0.05) is 133 Å². The highest BCUT2D eigenvalue weighted by molar-refractivity contribution is 6.29. The summed E-state index contributed by atoms with van der Waals surface area (Å²) in [6.07, 6.45) is 0. The molecule has 1 aromatic heterocycles. The Bertz CT molecular complexity index is 2790. The molecule has 0 unspecified atom stereocenters. The van der Waals surface area contributed by atoms with Crippen LogP contribution in [0.1, 0.15) is 0 Å². The number of para-hydroxylation sites is 2. The van der Waals surface area contributed by atoms with Crippen molar-refractivity contribution in [3.05, 3.63) is 188 Å². The summed E-state index contributed by atoms with van der Waals surface area (Å²) in [5.41, 5.74) is 10.9. The van der Waals surface area contributed by atoms with Crippen molar-refractivity contribution in [1.82, 2.24) is 4.57 Å². The van der Waals surface area contributed by atoms with Gasteiger partial charge in [0.2, 0.25) is 0 Å². The van der Waals surface area contributed by atoms with Gasteiger partial charge in [-0.2, -0.15) is 0 Å². The lowest BCUT2D eigenvalue weighted by molar-refractivity contribution is 1.18. The molecule has 0 amide bonds. The highest BCUT2D eigenvalue weighted by Crippen LogP contribution is 2.42. The average Bonchev–Trinajstić information content (AvgIpc) is 3.51. The molecule has 1 nitrogen and oxygen atoms in total. The maximum atomic E-state index is 2.43. The van der Waals surface area contributed by atoms with Gasteiger partial charge in [-0.3, -0.25) is 0 Å². The summed E-state index contributed by atoms with van der Waals surface area (Å²) in [5.74, 6) is 0. The molecule has 0 atom stereocenters. The largest absolute Gasteiger partial charge is 0.309 e. The van der Waals surface area contributed by atoms with E-state index in [4.69, 9.17) is 0 Å². The van der Waals surface area contributed by atoms with E-state index in [-0.39, 0.29) is 0 Å². The molecule has 49 heavy (non-hydrogen) atoms. The summed E-state index contributed by atoms with van der Waals surface area (Å²) in [7, 11) is 0. The highest BCUT2D eigenvalue weighted by Gasteiger charge is 2.17. The molecule has 0 spiro atoms. The molecule has 0 aliphatic carbocycles. The van der Waals surface area contributed by atoms with Crippen LogP contribution in [0.5, 0.6) is 0 Å². The van der Waals surface area contributed by atoms with Crippen LogP contribution in [0.25, 0.3) is 93.2 Å². The van der Waals surface area contributed by atoms with Gasteiger partial charge in [-0.05, 0) is 120 Å². The molecule has 0 aliphatic heterocycles. The van der Waals surface area contributed by atoms with Gasteiger partial charge < -0.3 is 4.57 Å². The lowest BCUT2D eigenvalue weighted by Crippen LogP contribution is -1.93. The minimum absolute atomic E-state index is 1.18. The lowest BCUT2D eigenvalue weighted by Gasteiger charge is -2.15. The number of aromatic nitrogens is 1. The predicted molar refractivity (Wildman–Crippen MR) is 210 cm³/mol. The van der Waals surface area contributed by atoms with Crippen molar-refractivity contribution in [2.45, 2.75) is 0 Å². The Morgan fingerprint density at radius 3 is 1.33 bits per heavy atom. The third-order valence-corrected chi connectivity index (χ3v) is 10.1. The summed E-state index contributed by atoms with van der Waals surface area (Å²) in [6.45, 7) is 0. The molecule has 1 heteroatoms. The molecule has 0 bridgehead atoms. The maximum Gasteiger partial charge on any atom is 0.0547 e. The minimum atomic E-state index is 1.18. The van der Waals surface area contributed by atoms with Crippen LogP contribution in [-0.2, 0) is 0 Å². The number of hydrogen-bond donors (Lipinski definition) is 0. The van der Waals surface area contributed by atoms with E-state index in [1.165, 1.54) is 93.2 Å². The zero-order valence-corrected chi connectivity index (χ0v) is 26.8. The van der Waals surface area contributed by atoms with E-state index in [2.05, 4.69) is 193 Å². The van der Waals surface area contributed by atoms with Crippen LogP contribution in [-0.4, -0.2) is 4.57 Å². The topological polar surface area (TPSA) is 4.93 Å². The first-order valence-corrected chi connectivity index (χ1v) is 16.9. The van der Waals surface area contributed by atoms with Gasteiger partial charge in [-0.15, -0.1) is 0 Å². The van der Waals surface area contributed by atoms with E-state index < -0.39 is 0 Å². The van der Waals surface area contributed by atoms with E-state index in [0.717, 1.165) is 0 Å². The number of benzene rings is 9. The Morgan fingerprint density at radius 2 is 0.694 bits per heavy atom. The quantitative estimate of drug-likeness (QED) is 0.172. The number of nitrogens with zero attached hydrogens (tertiary/aromatic N) is 1. The van der Waals surface area contributed by atoms with Crippen molar-refractivity contribution >= 4 is 54.1 Å². The average molecular weight is 622 g/mol. The Morgan fingerprint density at radius 1 is 0.224 bits per heavy atom. The van der Waals surface area contributed by atoms with Crippen molar-refractivity contribution < 1.29 is 0 Å². The zero-order valence-electron chi connectivity index (χ0n) is 26.8. The number of hydrogen-bond acceptors (Lipinski definition) is 0. The monoisotopic (exact) mass is 621 g/mol. The standard InChI is InChI=1S/C48H31N/c1-4-14-32(15-5-1)35-26-36(33-16-6-2-7-17-33)28-37(27-35)34-24-25-41-43(29-34)39-20-10-11-21-40(39)45-31-48-46(30-44(41)45)42-22-12-13-23-47(42)49(48)38-18-8-3-9-19-38/h1-31H. The molecule has 0 saturated heterocycles. The van der Waals surface area contributed by atoms with Crippen molar-refractivity contribution in [3.8, 4) is 39.1 Å². The fourth-order valence-electron chi connectivity index (χ4n) is 7.84.